The van der Waals surface area contributed by atoms with Crippen LogP contribution in [0.4, 0.5) is 0 Å². The first-order valence-electron chi connectivity index (χ1n) is 5.94. The van der Waals surface area contributed by atoms with Gasteiger partial charge in [-0.05, 0) is 12.8 Å². The number of Topliss-reactive ketones (excluding diaryl/α,β-unsaturated/α-hetero) is 1. The molecule has 16 heavy (non-hydrogen) atoms. The molecule has 1 saturated carbocycles. The lowest BCUT2D eigenvalue weighted by atomic mass is 9.77. The summed E-state index contributed by atoms with van der Waals surface area (Å²) in [4.78, 5) is 22.9. The molecule has 1 aliphatic rings. The third-order valence-electron chi connectivity index (χ3n) is 3.45. The molecule has 3 nitrogen and oxygen atoms in total. The summed E-state index contributed by atoms with van der Waals surface area (Å²) in [5.41, 5.74) is -0.399. The molecule has 0 spiro atoms. The van der Waals surface area contributed by atoms with Crippen LogP contribution in [0.5, 0.6) is 0 Å². The van der Waals surface area contributed by atoms with Gasteiger partial charge in [-0.15, -0.1) is 11.6 Å². The molecule has 0 unspecified atom stereocenters. The van der Waals surface area contributed by atoms with Crippen molar-refractivity contribution in [1.82, 2.24) is 5.32 Å². The fraction of sp³-hybridized carbons (Fsp3) is 0.833. The van der Waals surface area contributed by atoms with Gasteiger partial charge in [-0.1, -0.05) is 25.7 Å². The lowest BCUT2D eigenvalue weighted by molar-refractivity contribution is -0.127. The summed E-state index contributed by atoms with van der Waals surface area (Å²) in [5, 5.41) is 2.78. The van der Waals surface area contributed by atoms with E-state index in [9.17, 15) is 9.59 Å². The summed E-state index contributed by atoms with van der Waals surface area (Å²) >= 11 is 5.68. The van der Waals surface area contributed by atoms with Crippen LogP contribution in [0.25, 0.3) is 0 Å². The summed E-state index contributed by atoms with van der Waals surface area (Å²) in [7, 11) is 0. The molecule has 0 heterocycles. The minimum Gasteiger partial charge on any atom is -0.355 e. The van der Waals surface area contributed by atoms with Crippen molar-refractivity contribution in [2.24, 2.45) is 5.41 Å². The molecule has 0 aliphatic heterocycles. The van der Waals surface area contributed by atoms with Crippen LogP contribution in [-0.4, -0.2) is 24.1 Å². The highest BCUT2D eigenvalue weighted by Gasteiger charge is 2.37. The minimum atomic E-state index is -0.399. The van der Waals surface area contributed by atoms with Crippen molar-refractivity contribution in [3.63, 3.8) is 0 Å². The maximum atomic E-state index is 12.0. The number of hydrogen-bond donors (Lipinski definition) is 1. The molecular formula is C12H20ClNO2. The van der Waals surface area contributed by atoms with Crippen LogP contribution in [0.3, 0.4) is 0 Å². The van der Waals surface area contributed by atoms with Gasteiger partial charge in [0.15, 0.2) is 5.78 Å². The van der Waals surface area contributed by atoms with E-state index >= 15 is 0 Å². The van der Waals surface area contributed by atoms with Crippen LogP contribution in [0.1, 0.15) is 45.4 Å². The third-order valence-corrected chi connectivity index (χ3v) is 3.69. The molecule has 0 aromatic rings. The first-order chi connectivity index (χ1) is 7.60. The minimum absolute atomic E-state index is 0.0551. The van der Waals surface area contributed by atoms with Crippen molar-refractivity contribution >= 4 is 23.3 Å². The van der Waals surface area contributed by atoms with Crippen molar-refractivity contribution in [3.8, 4) is 0 Å². The highest BCUT2D eigenvalue weighted by molar-refractivity contribution is 6.28. The third kappa shape index (κ3) is 3.48. The van der Waals surface area contributed by atoms with Gasteiger partial charge >= 0.3 is 0 Å². The van der Waals surface area contributed by atoms with Crippen LogP contribution in [0, 0.1) is 5.41 Å². The fourth-order valence-electron chi connectivity index (χ4n) is 2.39. The predicted octanol–water partition coefficient (Wildman–Crippen LogP) is 2.27. The SMILES string of the molecule is CC(=O)NCC1(C(=O)CCl)CCCCCC1. The number of carbonyl (C=O) groups is 2. The van der Waals surface area contributed by atoms with E-state index in [1.807, 2.05) is 0 Å². The zero-order valence-electron chi connectivity index (χ0n) is 9.85. The Morgan fingerprint density at radius 2 is 1.75 bits per heavy atom. The second-order valence-electron chi connectivity index (χ2n) is 4.66. The number of rotatable bonds is 4. The Morgan fingerprint density at radius 3 is 2.19 bits per heavy atom. The smallest absolute Gasteiger partial charge is 0.216 e. The molecule has 1 amide bonds. The number of amides is 1. The second kappa shape index (κ2) is 6.24. The zero-order chi connectivity index (χ0) is 12.0. The number of alkyl halides is 1. The lowest BCUT2D eigenvalue weighted by Crippen LogP contribution is -2.43. The fourth-order valence-corrected chi connectivity index (χ4v) is 2.68. The molecule has 0 atom stereocenters. The van der Waals surface area contributed by atoms with E-state index in [1.54, 1.807) is 0 Å². The summed E-state index contributed by atoms with van der Waals surface area (Å²) in [6.07, 6.45) is 6.19. The number of carbonyl (C=O) groups excluding carboxylic acids is 2. The Kier molecular flexibility index (Phi) is 5.26. The Labute approximate surface area is 102 Å². The monoisotopic (exact) mass is 245 g/mol. The van der Waals surface area contributed by atoms with Crippen LogP contribution in [0.15, 0.2) is 0 Å². The molecule has 1 fully saturated rings. The maximum absolute atomic E-state index is 12.0. The van der Waals surface area contributed by atoms with Crippen molar-refractivity contribution in [3.05, 3.63) is 0 Å². The highest BCUT2D eigenvalue weighted by atomic mass is 35.5. The summed E-state index contributed by atoms with van der Waals surface area (Å²) < 4.78 is 0. The molecule has 92 valence electrons. The standard InChI is InChI=1S/C12H20ClNO2/c1-10(15)14-9-12(11(16)8-13)6-4-2-3-5-7-12/h2-9H2,1H3,(H,14,15). The van der Waals surface area contributed by atoms with Crippen LogP contribution < -0.4 is 5.32 Å². The van der Waals surface area contributed by atoms with Gasteiger partial charge in [0.2, 0.25) is 5.91 Å². The Morgan fingerprint density at radius 1 is 1.19 bits per heavy atom. The van der Waals surface area contributed by atoms with E-state index in [0.717, 1.165) is 25.7 Å². The van der Waals surface area contributed by atoms with Gasteiger partial charge in [0, 0.05) is 18.9 Å². The topological polar surface area (TPSA) is 46.2 Å². The molecule has 0 aromatic heterocycles. The van der Waals surface area contributed by atoms with E-state index in [2.05, 4.69) is 5.32 Å². The van der Waals surface area contributed by atoms with Crippen LogP contribution in [0.2, 0.25) is 0 Å². The van der Waals surface area contributed by atoms with Crippen molar-refractivity contribution < 1.29 is 9.59 Å². The number of nitrogens with one attached hydrogen (secondary N) is 1. The molecule has 0 radical (unpaired) electrons. The number of ketones is 1. The van der Waals surface area contributed by atoms with Gasteiger partial charge in [0.25, 0.3) is 0 Å². The van der Waals surface area contributed by atoms with Gasteiger partial charge in [-0.25, -0.2) is 0 Å². The lowest BCUT2D eigenvalue weighted by Gasteiger charge is -2.30. The normalized spacial score (nSPS) is 19.9. The number of halogens is 1. The second-order valence-corrected chi connectivity index (χ2v) is 4.93. The number of hydrogen-bond acceptors (Lipinski definition) is 2. The van der Waals surface area contributed by atoms with Crippen LogP contribution in [-0.2, 0) is 9.59 Å². The van der Waals surface area contributed by atoms with Gasteiger partial charge in [-0.2, -0.15) is 0 Å². The van der Waals surface area contributed by atoms with E-state index in [1.165, 1.54) is 19.8 Å². The first-order valence-corrected chi connectivity index (χ1v) is 6.48. The molecular weight excluding hydrogens is 226 g/mol. The summed E-state index contributed by atoms with van der Waals surface area (Å²) in [5.74, 6) is 0.0652. The molecule has 4 heteroatoms. The quantitative estimate of drug-likeness (QED) is 0.610. The molecule has 1 rings (SSSR count). The maximum Gasteiger partial charge on any atom is 0.216 e. The van der Waals surface area contributed by atoms with E-state index in [4.69, 9.17) is 11.6 Å². The molecule has 1 aliphatic carbocycles. The van der Waals surface area contributed by atoms with Crippen molar-refractivity contribution in [2.75, 3.05) is 12.4 Å². The predicted molar refractivity (Wildman–Crippen MR) is 64.5 cm³/mol. The molecule has 0 saturated heterocycles. The van der Waals surface area contributed by atoms with E-state index in [-0.39, 0.29) is 17.6 Å². The molecule has 1 N–H and O–H groups in total. The van der Waals surface area contributed by atoms with Crippen LogP contribution >= 0.6 is 11.6 Å². The van der Waals surface area contributed by atoms with Gasteiger partial charge in [-0.3, -0.25) is 9.59 Å². The van der Waals surface area contributed by atoms with E-state index < -0.39 is 5.41 Å². The molecule has 0 bridgehead atoms. The van der Waals surface area contributed by atoms with Gasteiger partial charge in [0.1, 0.15) is 0 Å². The summed E-state index contributed by atoms with van der Waals surface area (Å²) in [6, 6.07) is 0. The average Bonchev–Trinajstić information content (AvgIpc) is 2.51. The summed E-state index contributed by atoms with van der Waals surface area (Å²) in [6.45, 7) is 1.93. The highest BCUT2D eigenvalue weighted by Crippen LogP contribution is 2.35. The Hall–Kier alpha value is -0.570. The van der Waals surface area contributed by atoms with Crippen molar-refractivity contribution in [1.29, 1.82) is 0 Å². The van der Waals surface area contributed by atoms with Gasteiger partial charge < -0.3 is 5.32 Å². The zero-order valence-corrected chi connectivity index (χ0v) is 10.6. The van der Waals surface area contributed by atoms with Gasteiger partial charge in [0.05, 0.1) is 5.88 Å². The largest absolute Gasteiger partial charge is 0.355 e. The van der Waals surface area contributed by atoms with Crippen molar-refractivity contribution in [2.45, 2.75) is 45.4 Å². The Bertz CT molecular complexity index is 258. The van der Waals surface area contributed by atoms with E-state index in [0.29, 0.717) is 6.54 Å². The first kappa shape index (κ1) is 13.5. The Balaban J connectivity index is 2.72. The molecule has 0 aromatic carbocycles. The average molecular weight is 246 g/mol.